The van der Waals surface area contributed by atoms with Gasteiger partial charge in [0.15, 0.2) is 0 Å². The Balaban J connectivity index is 1.85. The quantitative estimate of drug-likeness (QED) is 0.732. The number of hydrogen-bond acceptors (Lipinski definition) is 4. The van der Waals surface area contributed by atoms with E-state index in [1.54, 1.807) is 7.11 Å². The van der Waals surface area contributed by atoms with Crippen LogP contribution < -0.4 is 10.6 Å². The average Bonchev–Trinajstić information content (AvgIpc) is 2.53. The molecule has 1 amide bonds. The molecule has 1 aromatic carbocycles. The van der Waals surface area contributed by atoms with E-state index >= 15 is 0 Å². The maximum atomic E-state index is 12.1. The molecule has 1 aromatic rings. The third kappa shape index (κ3) is 5.46. The summed E-state index contributed by atoms with van der Waals surface area (Å²) in [5, 5.41) is 6.27. The molecule has 0 atom stereocenters. The molecule has 0 radical (unpaired) electrons. The summed E-state index contributed by atoms with van der Waals surface area (Å²) in [4.78, 5) is 14.5. The summed E-state index contributed by atoms with van der Waals surface area (Å²) in [7, 11) is 1.67. The Morgan fingerprint density at radius 2 is 2.19 bits per heavy atom. The van der Waals surface area contributed by atoms with Gasteiger partial charge in [0.25, 0.3) is 5.91 Å². The Morgan fingerprint density at radius 3 is 2.95 bits per heavy atom. The first-order valence-electron chi connectivity index (χ1n) is 7.59. The molecule has 0 bridgehead atoms. The van der Waals surface area contributed by atoms with Crippen molar-refractivity contribution in [2.24, 2.45) is 0 Å². The summed E-state index contributed by atoms with van der Waals surface area (Å²) in [5.41, 5.74) is 1.93. The zero-order valence-corrected chi connectivity index (χ0v) is 12.7. The molecule has 0 saturated carbocycles. The fraction of sp³-hybridized carbons (Fsp3) is 0.562. The summed E-state index contributed by atoms with van der Waals surface area (Å²) < 4.78 is 4.97. The van der Waals surface area contributed by atoms with Crippen LogP contribution in [-0.4, -0.2) is 57.2 Å². The van der Waals surface area contributed by atoms with E-state index in [-0.39, 0.29) is 5.91 Å². The Labute approximate surface area is 126 Å². The third-order valence-corrected chi connectivity index (χ3v) is 3.62. The lowest BCUT2D eigenvalue weighted by molar-refractivity contribution is 0.0948. The number of rotatable bonds is 7. The number of nitrogens with zero attached hydrogens (tertiary/aromatic N) is 1. The number of benzene rings is 1. The highest BCUT2D eigenvalue weighted by Crippen LogP contribution is 2.09. The van der Waals surface area contributed by atoms with Crippen molar-refractivity contribution in [2.45, 2.75) is 13.0 Å². The number of amides is 1. The van der Waals surface area contributed by atoms with Gasteiger partial charge in [0.1, 0.15) is 0 Å². The zero-order valence-electron chi connectivity index (χ0n) is 12.7. The minimum atomic E-state index is -0.00624. The number of nitrogens with one attached hydrogen (secondary N) is 2. The van der Waals surface area contributed by atoms with E-state index in [2.05, 4.69) is 21.6 Å². The van der Waals surface area contributed by atoms with Crippen LogP contribution in [-0.2, 0) is 11.3 Å². The van der Waals surface area contributed by atoms with Gasteiger partial charge in [-0.2, -0.15) is 0 Å². The molecule has 1 saturated heterocycles. The maximum Gasteiger partial charge on any atom is 0.251 e. The van der Waals surface area contributed by atoms with E-state index < -0.39 is 0 Å². The smallest absolute Gasteiger partial charge is 0.251 e. The van der Waals surface area contributed by atoms with Crippen LogP contribution in [0.4, 0.5) is 0 Å². The van der Waals surface area contributed by atoms with Gasteiger partial charge in [-0.3, -0.25) is 9.69 Å². The predicted molar refractivity (Wildman–Crippen MR) is 83.4 cm³/mol. The molecule has 2 rings (SSSR count). The average molecular weight is 291 g/mol. The number of ether oxygens (including phenoxy) is 1. The Hall–Kier alpha value is -1.43. The molecule has 5 heteroatoms. The van der Waals surface area contributed by atoms with Crippen LogP contribution in [0.2, 0.25) is 0 Å². The van der Waals surface area contributed by atoms with E-state index in [0.717, 1.165) is 44.7 Å². The van der Waals surface area contributed by atoms with Crippen LogP contribution in [0.3, 0.4) is 0 Å². The van der Waals surface area contributed by atoms with Crippen molar-refractivity contribution in [3.05, 3.63) is 35.4 Å². The number of carbonyl (C=O) groups excluding carboxylic acids is 1. The molecule has 2 N–H and O–H groups in total. The fourth-order valence-electron chi connectivity index (χ4n) is 2.46. The van der Waals surface area contributed by atoms with E-state index in [4.69, 9.17) is 4.74 Å². The number of carbonyl (C=O) groups is 1. The molecule has 1 aliphatic rings. The minimum absolute atomic E-state index is 0.00624. The molecule has 21 heavy (non-hydrogen) atoms. The number of hydrogen-bond donors (Lipinski definition) is 2. The van der Waals surface area contributed by atoms with Gasteiger partial charge in [0.2, 0.25) is 0 Å². The first-order chi connectivity index (χ1) is 10.3. The third-order valence-electron chi connectivity index (χ3n) is 3.62. The Morgan fingerprint density at radius 1 is 1.38 bits per heavy atom. The second-order valence-electron chi connectivity index (χ2n) is 5.33. The highest BCUT2D eigenvalue weighted by atomic mass is 16.5. The van der Waals surface area contributed by atoms with E-state index in [1.165, 1.54) is 5.56 Å². The molecule has 1 aliphatic heterocycles. The molecule has 116 valence electrons. The number of methoxy groups -OCH3 is 1. The second kappa shape index (κ2) is 8.77. The van der Waals surface area contributed by atoms with Crippen molar-refractivity contribution in [3.63, 3.8) is 0 Å². The van der Waals surface area contributed by atoms with Gasteiger partial charge in [-0.25, -0.2) is 0 Å². The van der Waals surface area contributed by atoms with Gasteiger partial charge in [0, 0.05) is 58.5 Å². The summed E-state index contributed by atoms with van der Waals surface area (Å²) in [6.45, 7) is 6.44. The predicted octanol–water partition coefficient (Wildman–Crippen LogP) is 0.858. The van der Waals surface area contributed by atoms with Crippen molar-refractivity contribution in [1.29, 1.82) is 0 Å². The fourth-order valence-corrected chi connectivity index (χ4v) is 2.46. The lowest BCUT2D eigenvalue weighted by Crippen LogP contribution is -2.42. The Bertz CT molecular complexity index is 445. The number of piperazine rings is 1. The molecule has 0 aliphatic carbocycles. The highest BCUT2D eigenvalue weighted by molar-refractivity contribution is 5.94. The molecule has 1 heterocycles. The van der Waals surface area contributed by atoms with Gasteiger partial charge < -0.3 is 15.4 Å². The van der Waals surface area contributed by atoms with Crippen LogP contribution in [0.5, 0.6) is 0 Å². The molecular formula is C16H25N3O2. The van der Waals surface area contributed by atoms with Crippen LogP contribution in [0.25, 0.3) is 0 Å². The first kappa shape index (κ1) is 15.9. The van der Waals surface area contributed by atoms with Crippen molar-refractivity contribution in [2.75, 3.05) is 46.4 Å². The lowest BCUT2D eigenvalue weighted by Gasteiger charge is -2.27. The summed E-state index contributed by atoms with van der Waals surface area (Å²) >= 11 is 0. The standard InChI is InChI=1S/C16H25N3O2/c1-21-11-3-6-18-16(20)15-5-2-4-14(12-15)13-19-9-7-17-8-10-19/h2,4-5,12,17H,3,6-11,13H2,1H3,(H,18,20). The minimum Gasteiger partial charge on any atom is -0.385 e. The SMILES string of the molecule is COCCCNC(=O)c1cccc(CN2CCNCC2)c1. The summed E-state index contributed by atoms with van der Waals surface area (Å²) in [6, 6.07) is 7.91. The topological polar surface area (TPSA) is 53.6 Å². The monoisotopic (exact) mass is 291 g/mol. The van der Waals surface area contributed by atoms with Gasteiger partial charge >= 0.3 is 0 Å². The van der Waals surface area contributed by atoms with E-state index in [0.29, 0.717) is 13.2 Å². The molecule has 0 spiro atoms. The van der Waals surface area contributed by atoms with E-state index in [9.17, 15) is 4.79 Å². The summed E-state index contributed by atoms with van der Waals surface area (Å²) in [5.74, 6) is -0.00624. The normalized spacial score (nSPS) is 15.9. The molecule has 0 unspecified atom stereocenters. The van der Waals surface area contributed by atoms with Crippen LogP contribution in [0, 0.1) is 0 Å². The molecule has 1 fully saturated rings. The highest BCUT2D eigenvalue weighted by Gasteiger charge is 2.11. The zero-order chi connectivity index (χ0) is 14.9. The van der Waals surface area contributed by atoms with E-state index in [1.807, 2.05) is 18.2 Å². The van der Waals surface area contributed by atoms with Gasteiger partial charge in [-0.05, 0) is 24.1 Å². The first-order valence-corrected chi connectivity index (χ1v) is 7.59. The molecule has 0 aromatic heterocycles. The Kier molecular flexibility index (Phi) is 6.66. The van der Waals surface area contributed by atoms with Crippen LogP contribution >= 0.6 is 0 Å². The largest absolute Gasteiger partial charge is 0.385 e. The van der Waals surface area contributed by atoms with Gasteiger partial charge in [0.05, 0.1) is 0 Å². The van der Waals surface area contributed by atoms with Crippen molar-refractivity contribution >= 4 is 5.91 Å². The van der Waals surface area contributed by atoms with Crippen molar-refractivity contribution in [3.8, 4) is 0 Å². The molecule has 5 nitrogen and oxygen atoms in total. The lowest BCUT2D eigenvalue weighted by atomic mass is 10.1. The van der Waals surface area contributed by atoms with Crippen LogP contribution in [0.15, 0.2) is 24.3 Å². The van der Waals surface area contributed by atoms with Gasteiger partial charge in [-0.1, -0.05) is 12.1 Å². The molecular weight excluding hydrogens is 266 g/mol. The van der Waals surface area contributed by atoms with Crippen molar-refractivity contribution in [1.82, 2.24) is 15.5 Å². The van der Waals surface area contributed by atoms with Crippen molar-refractivity contribution < 1.29 is 9.53 Å². The van der Waals surface area contributed by atoms with Gasteiger partial charge in [-0.15, -0.1) is 0 Å². The maximum absolute atomic E-state index is 12.1. The summed E-state index contributed by atoms with van der Waals surface area (Å²) in [6.07, 6.45) is 0.836. The van der Waals surface area contributed by atoms with Crippen LogP contribution in [0.1, 0.15) is 22.3 Å². The second-order valence-corrected chi connectivity index (χ2v) is 5.33.